The molecule has 0 bridgehead atoms. The molecule has 1 aromatic heterocycles. The monoisotopic (exact) mass is 297 g/mol. The number of nitrogens with zero attached hydrogens (tertiary/aromatic N) is 2. The third-order valence-corrected chi connectivity index (χ3v) is 4.58. The first-order valence-corrected chi connectivity index (χ1v) is 9.28. The van der Waals surface area contributed by atoms with E-state index >= 15 is 0 Å². The van der Waals surface area contributed by atoms with Gasteiger partial charge in [0.25, 0.3) is 0 Å². The van der Waals surface area contributed by atoms with Crippen LogP contribution < -0.4 is 5.32 Å². The number of hydrogen-bond acceptors (Lipinski definition) is 3. The predicted octanol–water partition coefficient (Wildman–Crippen LogP) is 3.82. The van der Waals surface area contributed by atoms with Gasteiger partial charge in [0.1, 0.15) is 0 Å². The van der Waals surface area contributed by atoms with Crippen molar-refractivity contribution in [1.29, 1.82) is 0 Å². The van der Waals surface area contributed by atoms with Crippen LogP contribution in [0.15, 0.2) is 0 Å². The van der Waals surface area contributed by atoms with Crippen molar-refractivity contribution in [2.24, 2.45) is 0 Å². The molecule has 0 amide bonds. The molecule has 0 saturated heterocycles. The molecule has 1 aromatic rings. The van der Waals surface area contributed by atoms with Gasteiger partial charge in [0.05, 0.1) is 12.2 Å². The summed E-state index contributed by atoms with van der Waals surface area (Å²) < 4.78 is 2.26. The summed E-state index contributed by atoms with van der Waals surface area (Å²) >= 11 is 1.99. The molecule has 0 saturated carbocycles. The summed E-state index contributed by atoms with van der Waals surface area (Å²) in [5, 5.41) is 8.51. The number of nitrogens with one attached hydrogen (secondary N) is 1. The lowest BCUT2D eigenvalue weighted by atomic mass is 9.99. The first-order valence-electron chi connectivity index (χ1n) is 8.12. The lowest BCUT2D eigenvalue weighted by Gasteiger charge is -2.18. The van der Waals surface area contributed by atoms with Crippen molar-refractivity contribution >= 4 is 11.8 Å². The smallest absolute Gasteiger partial charge is 0.0672 e. The number of aryl methyl sites for hydroxylation is 2. The maximum absolute atomic E-state index is 4.89. The van der Waals surface area contributed by atoms with Gasteiger partial charge in [-0.3, -0.25) is 4.68 Å². The van der Waals surface area contributed by atoms with Gasteiger partial charge >= 0.3 is 0 Å². The summed E-state index contributed by atoms with van der Waals surface area (Å²) in [5.41, 5.74) is 4.20. The van der Waals surface area contributed by atoms with E-state index in [9.17, 15) is 0 Å². The van der Waals surface area contributed by atoms with E-state index in [1.165, 1.54) is 22.7 Å². The Labute approximate surface area is 128 Å². The highest BCUT2D eigenvalue weighted by atomic mass is 32.2. The lowest BCUT2D eigenvalue weighted by molar-refractivity contribution is 0.527. The fourth-order valence-electron chi connectivity index (χ4n) is 2.78. The lowest BCUT2D eigenvalue weighted by Crippen LogP contribution is -2.22. The summed E-state index contributed by atoms with van der Waals surface area (Å²) in [6, 6.07) is 0.456. The molecule has 0 aromatic carbocycles. The highest BCUT2D eigenvalue weighted by Crippen LogP contribution is 2.26. The molecular formula is C16H31N3S. The molecule has 1 atom stereocenters. The molecule has 20 heavy (non-hydrogen) atoms. The van der Waals surface area contributed by atoms with Gasteiger partial charge in [-0.25, -0.2) is 0 Å². The third-order valence-electron chi connectivity index (χ3n) is 3.70. The molecule has 1 N–H and O–H groups in total. The number of rotatable bonds is 10. The molecule has 3 nitrogen and oxygen atoms in total. The third kappa shape index (κ3) is 4.26. The molecule has 1 rings (SSSR count). The van der Waals surface area contributed by atoms with Crippen molar-refractivity contribution < 1.29 is 0 Å². The van der Waals surface area contributed by atoms with Gasteiger partial charge in [-0.05, 0) is 31.6 Å². The molecule has 0 radical (unpaired) electrons. The second-order valence-corrected chi connectivity index (χ2v) is 6.35. The zero-order chi connectivity index (χ0) is 15.0. The van der Waals surface area contributed by atoms with Crippen LogP contribution in [-0.4, -0.2) is 27.8 Å². The van der Waals surface area contributed by atoms with Gasteiger partial charge < -0.3 is 5.32 Å². The van der Waals surface area contributed by atoms with Crippen molar-refractivity contribution in [3.63, 3.8) is 0 Å². The van der Waals surface area contributed by atoms with E-state index < -0.39 is 0 Å². The van der Waals surface area contributed by atoms with Gasteiger partial charge in [-0.2, -0.15) is 16.9 Å². The number of thioether (sulfide) groups is 1. The van der Waals surface area contributed by atoms with Crippen LogP contribution in [0.3, 0.4) is 0 Å². The first kappa shape index (κ1) is 17.6. The summed E-state index contributed by atoms with van der Waals surface area (Å²) in [4.78, 5) is 0. The van der Waals surface area contributed by atoms with E-state index in [4.69, 9.17) is 5.10 Å². The van der Waals surface area contributed by atoms with Crippen LogP contribution >= 0.6 is 11.8 Å². The van der Waals surface area contributed by atoms with E-state index in [0.717, 1.165) is 38.1 Å². The minimum atomic E-state index is 0.456. The van der Waals surface area contributed by atoms with Crippen molar-refractivity contribution in [3.05, 3.63) is 17.0 Å². The van der Waals surface area contributed by atoms with Gasteiger partial charge in [0.15, 0.2) is 0 Å². The number of aromatic nitrogens is 2. The average molecular weight is 298 g/mol. The molecule has 116 valence electrons. The topological polar surface area (TPSA) is 29.9 Å². The molecule has 0 spiro atoms. The second kappa shape index (κ2) is 9.46. The fraction of sp³-hybridized carbons (Fsp3) is 0.812. The Bertz CT molecular complexity index is 387. The Balaban J connectivity index is 3.06. The van der Waals surface area contributed by atoms with Crippen molar-refractivity contribution in [2.75, 3.05) is 18.1 Å². The molecule has 0 aliphatic carbocycles. The van der Waals surface area contributed by atoms with E-state index in [1.54, 1.807) is 0 Å². The maximum atomic E-state index is 4.89. The standard InChI is InChI=1S/C16H31N3S/c1-6-13(17-9-4)16-14(7-2)18-19(15(16)8-3)11-12-20-10-5/h13,17H,6-12H2,1-5H3. The Kier molecular flexibility index (Phi) is 8.31. The minimum absolute atomic E-state index is 0.456. The summed E-state index contributed by atoms with van der Waals surface area (Å²) in [5.74, 6) is 2.34. The fourth-order valence-corrected chi connectivity index (χ4v) is 3.37. The van der Waals surface area contributed by atoms with Gasteiger partial charge in [0, 0.05) is 23.1 Å². The van der Waals surface area contributed by atoms with Gasteiger partial charge in [-0.15, -0.1) is 0 Å². The second-order valence-electron chi connectivity index (χ2n) is 4.95. The molecule has 0 fully saturated rings. The van der Waals surface area contributed by atoms with Crippen LogP contribution in [0, 0.1) is 0 Å². The number of hydrogen-bond donors (Lipinski definition) is 1. The highest BCUT2D eigenvalue weighted by Gasteiger charge is 2.21. The highest BCUT2D eigenvalue weighted by molar-refractivity contribution is 7.99. The Morgan fingerprint density at radius 1 is 1.15 bits per heavy atom. The zero-order valence-electron chi connectivity index (χ0n) is 13.8. The summed E-state index contributed by atoms with van der Waals surface area (Å²) in [6.45, 7) is 13.2. The molecule has 4 heteroatoms. The minimum Gasteiger partial charge on any atom is -0.310 e. The largest absolute Gasteiger partial charge is 0.310 e. The normalized spacial score (nSPS) is 12.8. The summed E-state index contributed by atoms with van der Waals surface area (Å²) in [6.07, 6.45) is 3.22. The van der Waals surface area contributed by atoms with E-state index in [-0.39, 0.29) is 0 Å². The molecule has 1 heterocycles. The van der Waals surface area contributed by atoms with Crippen LogP contribution in [0.1, 0.15) is 64.0 Å². The Morgan fingerprint density at radius 2 is 1.90 bits per heavy atom. The molecule has 1 unspecified atom stereocenters. The van der Waals surface area contributed by atoms with Crippen LogP contribution in [0.2, 0.25) is 0 Å². The van der Waals surface area contributed by atoms with Crippen LogP contribution in [0.4, 0.5) is 0 Å². The SMILES string of the molecule is CCNC(CC)c1c(CC)nn(CCSCC)c1CC. The van der Waals surface area contributed by atoms with Gasteiger partial charge in [-0.1, -0.05) is 34.6 Å². The maximum Gasteiger partial charge on any atom is 0.0672 e. The molecule has 0 aliphatic heterocycles. The van der Waals surface area contributed by atoms with Crippen LogP contribution in [-0.2, 0) is 19.4 Å². The van der Waals surface area contributed by atoms with Crippen LogP contribution in [0.25, 0.3) is 0 Å². The molecular weight excluding hydrogens is 266 g/mol. The predicted molar refractivity (Wildman–Crippen MR) is 90.7 cm³/mol. The van der Waals surface area contributed by atoms with Crippen LogP contribution in [0.5, 0.6) is 0 Å². The van der Waals surface area contributed by atoms with E-state index in [0.29, 0.717) is 6.04 Å². The summed E-state index contributed by atoms with van der Waals surface area (Å²) in [7, 11) is 0. The van der Waals surface area contributed by atoms with Crippen molar-refractivity contribution in [1.82, 2.24) is 15.1 Å². The van der Waals surface area contributed by atoms with Crippen molar-refractivity contribution in [3.8, 4) is 0 Å². The van der Waals surface area contributed by atoms with Gasteiger partial charge in [0.2, 0.25) is 0 Å². The quantitative estimate of drug-likeness (QED) is 0.666. The average Bonchev–Trinajstić information content (AvgIpc) is 2.82. The van der Waals surface area contributed by atoms with E-state index in [2.05, 4.69) is 44.6 Å². The first-order chi connectivity index (χ1) is 9.73. The van der Waals surface area contributed by atoms with E-state index in [1.807, 2.05) is 11.8 Å². The van der Waals surface area contributed by atoms with Crippen molar-refractivity contribution in [2.45, 2.75) is 66.5 Å². The zero-order valence-corrected chi connectivity index (χ0v) is 14.6. The molecule has 0 aliphatic rings. The Hall–Kier alpha value is -0.480. The Morgan fingerprint density at radius 3 is 2.40 bits per heavy atom.